The van der Waals surface area contributed by atoms with E-state index in [0.717, 1.165) is 29.1 Å². The van der Waals surface area contributed by atoms with E-state index >= 15 is 0 Å². The van der Waals surface area contributed by atoms with Crippen molar-refractivity contribution in [2.45, 2.75) is 32.0 Å². The van der Waals surface area contributed by atoms with Crippen LogP contribution >= 0.6 is 0 Å². The zero-order valence-electron chi connectivity index (χ0n) is 23.5. The second-order valence-corrected chi connectivity index (χ2v) is 10.0. The number of urea groups is 1. The molecule has 3 aromatic carbocycles. The van der Waals surface area contributed by atoms with Crippen molar-refractivity contribution >= 4 is 28.5 Å². The summed E-state index contributed by atoms with van der Waals surface area (Å²) in [6.07, 6.45) is 1.73. The molecule has 1 saturated heterocycles. The molecule has 3 amide bonds. The molecule has 214 valence electrons. The Morgan fingerprint density at radius 2 is 1.68 bits per heavy atom. The van der Waals surface area contributed by atoms with Gasteiger partial charge < -0.3 is 25.2 Å². The number of nitrogens with zero attached hydrogens (tertiary/aromatic N) is 3. The molecule has 1 atom stereocenters. The first-order chi connectivity index (χ1) is 19.9. The molecule has 5 rings (SSSR count). The van der Waals surface area contributed by atoms with E-state index < -0.39 is 5.54 Å². The van der Waals surface area contributed by atoms with E-state index in [0.29, 0.717) is 24.6 Å². The molecule has 9 heteroatoms. The minimum absolute atomic E-state index is 0.0275. The maximum absolute atomic E-state index is 13.6. The van der Waals surface area contributed by atoms with Crippen molar-refractivity contribution in [3.05, 3.63) is 102 Å². The summed E-state index contributed by atoms with van der Waals surface area (Å²) in [4.78, 5) is 34.4. The van der Waals surface area contributed by atoms with Crippen LogP contribution in [0.5, 0.6) is 5.75 Å². The number of aliphatic hydroxyl groups excluding tert-OH is 2. The topological polar surface area (TPSA) is 115 Å². The number of anilines is 1. The number of carbonyl (C=O) groups excluding carboxylic acids is 2. The van der Waals surface area contributed by atoms with Crippen LogP contribution in [0.2, 0.25) is 0 Å². The predicted octanol–water partition coefficient (Wildman–Crippen LogP) is 4.29. The number of amides is 3. The minimum atomic E-state index is -1.03. The van der Waals surface area contributed by atoms with Gasteiger partial charge in [0.25, 0.3) is 5.91 Å². The van der Waals surface area contributed by atoms with Crippen LogP contribution < -0.4 is 15.0 Å². The maximum atomic E-state index is 13.6. The second kappa shape index (κ2) is 13.4. The van der Waals surface area contributed by atoms with Gasteiger partial charge in [0, 0.05) is 37.8 Å². The molecule has 9 nitrogen and oxygen atoms in total. The van der Waals surface area contributed by atoms with Crippen LogP contribution in [0.1, 0.15) is 31.0 Å². The average molecular weight is 557 g/mol. The van der Waals surface area contributed by atoms with E-state index in [1.165, 1.54) is 4.90 Å². The summed E-state index contributed by atoms with van der Waals surface area (Å²) in [5, 5.41) is 21.0. The van der Waals surface area contributed by atoms with Crippen molar-refractivity contribution in [1.29, 1.82) is 0 Å². The number of fused-ring (bicyclic) bond motifs is 1. The largest absolute Gasteiger partial charge is 0.492 e. The number of nitrogens with one attached hydrogen (secondary N) is 1. The Morgan fingerprint density at radius 3 is 2.44 bits per heavy atom. The van der Waals surface area contributed by atoms with Crippen LogP contribution in [0.3, 0.4) is 0 Å². The molecule has 41 heavy (non-hydrogen) atoms. The van der Waals surface area contributed by atoms with Crippen LogP contribution in [0.25, 0.3) is 10.9 Å². The molecule has 1 aromatic heterocycles. The summed E-state index contributed by atoms with van der Waals surface area (Å²) in [6.45, 7) is 4.65. The predicted molar refractivity (Wildman–Crippen MR) is 159 cm³/mol. The van der Waals surface area contributed by atoms with E-state index in [1.54, 1.807) is 49.2 Å². The highest BCUT2D eigenvalue weighted by Crippen LogP contribution is 2.35. The third-order valence-electron chi connectivity index (χ3n) is 7.11. The van der Waals surface area contributed by atoms with Gasteiger partial charge in [-0.2, -0.15) is 0 Å². The Kier molecular flexibility index (Phi) is 9.67. The lowest BCUT2D eigenvalue weighted by Gasteiger charge is -2.28. The first kappa shape index (κ1) is 29.7. The van der Waals surface area contributed by atoms with Crippen LogP contribution in [-0.4, -0.2) is 64.4 Å². The normalized spacial score (nSPS) is 15.0. The molecule has 0 radical (unpaired) electrons. The van der Waals surface area contributed by atoms with E-state index in [9.17, 15) is 14.7 Å². The molecule has 1 unspecified atom stereocenters. The molecular formula is C32H36N4O5. The third kappa shape index (κ3) is 6.38. The molecule has 0 saturated carbocycles. The summed E-state index contributed by atoms with van der Waals surface area (Å²) in [5.74, 6) is 0.255. The maximum Gasteiger partial charge on any atom is 0.332 e. The molecule has 0 spiro atoms. The number of aromatic nitrogens is 1. The molecule has 3 N–H and O–H groups in total. The van der Waals surface area contributed by atoms with Gasteiger partial charge in [-0.1, -0.05) is 54.6 Å². The van der Waals surface area contributed by atoms with E-state index in [4.69, 9.17) is 9.84 Å². The monoisotopic (exact) mass is 556 g/mol. The summed E-state index contributed by atoms with van der Waals surface area (Å²) >= 11 is 0. The lowest BCUT2D eigenvalue weighted by Crippen LogP contribution is -2.43. The molecule has 4 aromatic rings. The highest BCUT2D eigenvalue weighted by molar-refractivity contribution is 6.23. The van der Waals surface area contributed by atoms with Gasteiger partial charge >= 0.3 is 6.03 Å². The minimum Gasteiger partial charge on any atom is -0.492 e. The number of para-hydroxylation sites is 1. The van der Waals surface area contributed by atoms with Gasteiger partial charge in [0.15, 0.2) is 0 Å². The highest BCUT2D eigenvalue weighted by Gasteiger charge is 2.51. The SMILES string of the molecule is CC1(C)C(=O)N(c2cccc(OCCNC(CO)c3ccccc3)c2)C(=O)N1Cc1ccnc2ccccc12.CO. The van der Waals surface area contributed by atoms with E-state index in [1.807, 2.05) is 60.7 Å². The number of aliphatic hydroxyl groups is 2. The number of carbonyl (C=O) groups is 2. The Hall–Kier alpha value is -4.31. The summed E-state index contributed by atoms with van der Waals surface area (Å²) < 4.78 is 5.92. The molecule has 0 aliphatic carbocycles. The molecular weight excluding hydrogens is 520 g/mol. The lowest BCUT2D eigenvalue weighted by atomic mass is 10.0. The zero-order valence-corrected chi connectivity index (χ0v) is 23.5. The number of rotatable bonds is 10. The lowest BCUT2D eigenvalue weighted by molar-refractivity contribution is -0.123. The van der Waals surface area contributed by atoms with Crippen molar-refractivity contribution in [2.24, 2.45) is 0 Å². The second-order valence-electron chi connectivity index (χ2n) is 10.0. The van der Waals surface area contributed by atoms with Gasteiger partial charge in [-0.15, -0.1) is 0 Å². The fraction of sp³-hybridized carbons (Fsp3) is 0.281. The Balaban J connectivity index is 0.00000189. The highest BCUT2D eigenvalue weighted by atomic mass is 16.5. The van der Waals surface area contributed by atoms with Crippen LogP contribution in [0, 0.1) is 0 Å². The van der Waals surface area contributed by atoms with Gasteiger partial charge in [-0.3, -0.25) is 9.78 Å². The number of imide groups is 1. The summed E-state index contributed by atoms with van der Waals surface area (Å²) in [5.41, 5.74) is 2.20. The number of hydrogen-bond acceptors (Lipinski definition) is 7. The fourth-order valence-corrected chi connectivity index (χ4v) is 4.88. The third-order valence-corrected chi connectivity index (χ3v) is 7.11. The van der Waals surface area contributed by atoms with Crippen molar-refractivity contribution in [3.63, 3.8) is 0 Å². The Bertz CT molecular complexity index is 1470. The molecule has 1 aliphatic rings. The number of ether oxygens (including phenoxy) is 1. The van der Waals surface area contributed by atoms with Crippen LogP contribution in [-0.2, 0) is 11.3 Å². The van der Waals surface area contributed by atoms with Gasteiger partial charge in [-0.05, 0) is 49.2 Å². The van der Waals surface area contributed by atoms with Crippen molar-refractivity contribution in [1.82, 2.24) is 15.2 Å². The van der Waals surface area contributed by atoms with E-state index in [-0.39, 0.29) is 31.1 Å². The van der Waals surface area contributed by atoms with Crippen molar-refractivity contribution in [2.75, 3.05) is 31.8 Å². The van der Waals surface area contributed by atoms with Gasteiger partial charge in [0.05, 0.1) is 23.9 Å². The first-order valence-corrected chi connectivity index (χ1v) is 13.5. The zero-order chi connectivity index (χ0) is 29.4. The summed E-state index contributed by atoms with van der Waals surface area (Å²) in [6, 6.07) is 25.8. The van der Waals surface area contributed by atoms with Gasteiger partial charge in [0.2, 0.25) is 0 Å². The summed E-state index contributed by atoms with van der Waals surface area (Å²) in [7, 11) is 1.00. The standard InChI is InChI=1S/C31H32N4O4.CH4O/c1-31(2)29(37)35(30(38)34(31)20-23-15-16-32-27-14-7-6-13-26(23)27)24-11-8-12-25(19-24)39-18-17-33-28(21-36)22-9-4-3-5-10-22;1-2/h3-16,19,28,33,36H,17-18,20-21H2,1-2H3;2H,1H3. The first-order valence-electron chi connectivity index (χ1n) is 13.5. The van der Waals surface area contributed by atoms with E-state index in [2.05, 4.69) is 10.3 Å². The van der Waals surface area contributed by atoms with Crippen molar-refractivity contribution in [3.8, 4) is 5.75 Å². The fourth-order valence-electron chi connectivity index (χ4n) is 4.88. The number of pyridine rings is 1. The molecule has 1 fully saturated rings. The molecule has 2 heterocycles. The van der Waals surface area contributed by atoms with Crippen molar-refractivity contribution < 1.29 is 24.5 Å². The van der Waals surface area contributed by atoms with Crippen LogP contribution in [0.4, 0.5) is 10.5 Å². The average Bonchev–Trinajstić information content (AvgIpc) is 3.17. The molecule has 0 bridgehead atoms. The smallest absolute Gasteiger partial charge is 0.332 e. The molecule has 1 aliphatic heterocycles. The van der Waals surface area contributed by atoms with Crippen LogP contribution in [0.15, 0.2) is 91.1 Å². The van der Waals surface area contributed by atoms with Gasteiger partial charge in [0.1, 0.15) is 17.9 Å². The quantitative estimate of drug-likeness (QED) is 0.197. The number of hydrogen-bond donors (Lipinski definition) is 3. The number of benzene rings is 3. The Labute approximate surface area is 240 Å². The Morgan fingerprint density at radius 1 is 0.951 bits per heavy atom. The van der Waals surface area contributed by atoms with Gasteiger partial charge in [-0.25, -0.2) is 9.69 Å².